The lowest BCUT2D eigenvalue weighted by Crippen LogP contribution is -2.42. The second-order valence-corrected chi connectivity index (χ2v) is 8.59. The summed E-state index contributed by atoms with van der Waals surface area (Å²) in [4.78, 5) is 27.8. The molecule has 2 heterocycles. The number of esters is 1. The Labute approximate surface area is 197 Å². The minimum Gasteiger partial charge on any atom is -0.468 e. The van der Waals surface area contributed by atoms with Crippen molar-refractivity contribution in [1.29, 1.82) is 0 Å². The molecule has 0 N–H and O–H groups in total. The number of nitrogens with zero attached hydrogens (tertiary/aromatic N) is 4. The number of Topliss-reactive ketones (excluding diaryl/α,β-unsaturated/α-hetero) is 1. The molecule has 0 spiro atoms. The van der Waals surface area contributed by atoms with Gasteiger partial charge in [0.1, 0.15) is 11.5 Å². The zero-order chi connectivity index (χ0) is 22.0. The predicted molar refractivity (Wildman–Crippen MR) is 123 cm³/mol. The summed E-state index contributed by atoms with van der Waals surface area (Å²) < 4.78 is 19.3. The normalized spacial score (nSPS) is 21.1. The van der Waals surface area contributed by atoms with Gasteiger partial charge in [-0.3, -0.25) is 9.69 Å². The summed E-state index contributed by atoms with van der Waals surface area (Å²) in [7, 11) is 1.31. The molecule has 1 aliphatic heterocycles. The van der Waals surface area contributed by atoms with Crippen LogP contribution in [0.25, 0.3) is 6.08 Å². The van der Waals surface area contributed by atoms with Crippen molar-refractivity contribution >= 4 is 42.9 Å². The number of carbonyl (C=O) groups excluding carboxylic acids is 2. The van der Waals surface area contributed by atoms with Crippen LogP contribution in [0.3, 0.4) is 0 Å². The van der Waals surface area contributed by atoms with Gasteiger partial charge >= 0.3 is 5.97 Å². The highest BCUT2D eigenvalue weighted by molar-refractivity contribution is 7.81. The first-order chi connectivity index (χ1) is 15.0. The molecule has 1 aromatic carbocycles. The van der Waals surface area contributed by atoms with Crippen LogP contribution in [0.2, 0.25) is 0 Å². The van der Waals surface area contributed by atoms with E-state index < -0.39 is 12.0 Å². The number of likely N-dealkylation sites (tertiary alicyclic amines) is 1. The molecular weight excluding hydrogens is 455 g/mol. The van der Waals surface area contributed by atoms with Gasteiger partial charge in [0.2, 0.25) is 0 Å². The van der Waals surface area contributed by atoms with E-state index in [0.29, 0.717) is 24.3 Å². The van der Waals surface area contributed by atoms with Crippen molar-refractivity contribution in [3.05, 3.63) is 53.1 Å². The van der Waals surface area contributed by atoms with Crippen molar-refractivity contribution in [2.24, 2.45) is 5.92 Å². The summed E-state index contributed by atoms with van der Waals surface area (Å²) >= 11 is 4.70. The molecule has 2 unspecified atom stereocenters. The maximum absolute atomic E-state index is 14.6. The largest absolute Gasteiger partial charge is 0.468 e. The summed E-state index contributed by atoms with van der Waals surface area (Å²) in [5, 5.41) is 8.38. The summed E-state index contributed by atoms with van der Waals surface area (Å²) in [5.41, 5.74) is 2.00. The predicted octanol–water partition coefficient (Wildman–Crippen LogP) is 3.12. The number of hydrogen-bond acceptors (Lipinski definition) is 7. The molecule has 4 rings (SSSR count). The van der Waals surface area contributed by atoms with Crippen LogP contribution in [0.15, 0.2) is 36.0 Å². The number of ether oxygens (including phenoxy) is 1. The molecule has 2 aliphatic rings. The number of piperidine rings is 1. The lowest BCUT2D eigenvalue weighted by Gasteiger charge is -2.37. The van der Waals surface area contributed by atoms with E-state index in [-0.39, 0.29) is 41.7 Å². The standard InChI is InChI=1S/C22H25FN4O3S.ClH/c1-30-20(28)13-27-24-11-16(25-27)10-15-12-26(9-8-19(15)31)21(22(29)14-6-7-14)17-4-2-3-5-18(17)23;/h2-5,10-11,14,19,21,31H,6-9,12-13H2,1H3;1H/b15-10-;. The molecule has 0 bridgehead atoms. The number of carbonyl (C=O) groups is 2. The molecule has 0 radical (unpaired) electrons. The molecule has 10 heteroatoms. The van der Waals surface area contributed by atoms with Gasteiger partial charge in [-0.15, -0.1) is 12.4 Å². The van der Waals surface area contributed by atoms with Crippen LogP contribution in [-0.4, -0.2) is 57.1 Å². The molecule has 0 amide bonds. The number of aromatic nitrogens is 3. The number of benzene rings is 1. The highest BCUT2D eigenvalue weighted by atomic mass is 35.5. The van der Waals surface area contributed by atoms with Crippen molar-refractivity contribution in [3.63, 3.8) is 0 Å². The molecular formula is C22H26ClFN4O3S. The van der Waals surface area contributed by atoms with Gasteiger partial charge in [0.05, 0.1) is 19.3 Å². The maximum Gasteiger partial charge on any atom is 0.329 e. The highest BCUT2D eigenvalue weighted by Gasteiger charge is 2.40. The van der Waals surface area contributed by atoms with Gasteiger partial charge < -0.3 is 4.74 Å². The van der Waals surface area contributed by atoms with Gasteiger partial charge in [-0.25, -0.2) is 9.18 Å². The third-order valence-electron chi connectivity index (χ3n) is 5.70. The first kappa shape index (κ1) is 24.4. The highest BCUT2D eigenvalue weighted by Crippen LogP contribution is 2.39. The first-order valence-corrected chi connectivity index (χ1v) is 10.9. The zero-order valence-electron chi connectivity index (χ0n) is 17.7. The van der Waals surface area contributed by atoms with Crippen LogP contribution in [0.1, 0.15) is 36.6 Å². The Kier molecular flexibility index (Phi) is 8.08. The molecule has 7 nitrogen and oxygen atoms in total. The molecule has 1 aromatic heterocycles. The third kappa shape index (κ3) is 5.57. The Morgan fingerprint density at radius 1 is 1.31 bits per heavy atom. The van der Waals surface area contributed by atoms with Crippen molar-refractivity contribution in [1.82, 2.24) is 19.9 Å². The van der Waals surface area contributed by atoms with Crippen molar-refractivity contribution in [2.45, 2.75) is 37.1 Å². The smallest absolute Gasteiger partial charge is 0.329 e. The summed E-state index contributed by atoms with van der Waals surface area (Å²) in [6.07, 6.45) is 5.93. The van der Waals surface area contributed by atoms with E-state index in [2.05, 4.69) is 14.9 Å². The van der Waals surface area contributed by atoms with Crippen LogP contribution in [0.4, 0.5) is 4.39 Å². The molecule has 2 aromatic rings. The van der Waals surface area contributed by atoms with E-state index in [1.807, 2.05) is 11.0 Å². The molecule has 1 saturated heterocycles. The number of hydrogen-bond donors (Lipinski definition) is 1. The van der Waals surface area contributed by atoms with Gasteiger partial charge in [-0.05, 0) is 37.0 Å². The van der Waals surface area contributed by atoms with Crippen LogP contribution < -0.4 is 0 Å². The lowest BCUT2D eigenvalue weighted by atomic mass is 9.93. The Morgan fingerprint density at radius 2 is 2.06 bits per heavy atom. The summed E-state index contributed by atoms with van der Waals surface area (Å²) in [6, 6.07) is 5.92. The summed E-state index contributed by atoms with van der Waals surface area (Å²) in [5.74, 6) is -0.683. The first-order valence-electron chi connectivity index (χ1n) is 10.3. The molecule has 32 heavy (non-hydrogen) atoms. The third-order valence-corrected chi connectivity index (χ3v) is 6.29. The molecule has 172 valence electrons. The molecule has 1 aliphatic carbocycles. The minimum atomic E-state index is -0.604. The topological polar surface area (TPSA) is 77.3 Å². The summed E-state index contributed by atoms with van der Waals surface area (Å²) in [6.45, 7) is 1.06. The van der Waals surface area contributed by atoms with Crippen molar-refractivity contribution < 1.29 is 18.7 Å². The second-order valence-electron chi connectivity index (χ2n) is 7.97. The van der Waals surface area contributed by atoms with Crippen molar-refractivity contribution in [3.8, 4) is 0 Å². The second kappa shape index (κ2) is 10.6. The Bertz CT molecular complexity index is 1010. The average Bonchev–Trinajstić information content (AvgIpc) is 3.53. The number of thiol groups is 1. The molecule has 2 atom stereocenters. The van der Waals surface area contributed by atoms with Gasteiger partial charge in [0.25, 0.3) is 0 Å². The van der Waals surface area contributed by atoms with Crippen LogP contribution in [0.5, 0.6) is 0 Å². The average molecular weight is 481 g/mol. The van der Waals surface area contributed by atoms with E-state index >= 15 is 0 Å². The fourth-order valence-corrected chi connectivity index (χ4v) is 4.17. The van der Waals surface area contributed by atoms with E-state index in [9.17, 15) is 14.0 Å². The number of methoxy groups -OCH3 is 1. The van der Waals surface area contributed by atoms with Gasteiger partial charge in [0.15, 0.2) is 12.3 Å². The van der Waals surface area contributed by atoms with E-state index in [1.54, 1.807) is 24.4 Å². The Hall–Kier alpha value is -2.23. The van der Waals surface area contributed by atoms with Crippen LogP contribution >= 0.6 is 25.0 Å². The quantitative estimate of drug-likeness (QED) is 0.484. The van der Waals surface area contributed by atoms with Gasteiger partial charge in [0, 0.05) is 29.8 Å². The van der Waals surface area contributed by atoms with Crippen molar-refractivity contribution in [2.75, 3.05) is 20.2 Å². The van der Waals surface area contributed by atoms with E-state index in [4.69, 9.17) is 12.6 Å². The fraction of sp³-hybridized carbons (Fsp3) is 0.455. The van der Waals surface area contributed by atoms with E-state index in [1.165, 1.54) is 18.0 Å². The number of ketones is 1. The van der Waals surface area contributed by atoms with Gasteiger partial charge in [-0.1, -0.05) is 18.2 Å². The van der Waals surface area contributed by atoms with Gasteiger partial charge in [-0.2, -0.15) is 27.6 Å². The zero-order valence-corrected chi connectivity index (χ0v) is 19.4. The van der Waals surface area contributed by atoms with E-state index in [0.717, 1.165) is 24.8 Å². The maximum atomic E-state index is 14.6. The molecule has 1 saturated carbocycles. The minimum absolute atomic E-state index is 0. The van der Waals surface area contributed by atoms with Crippen LogP contribution in [-0.2, 0) is 20.9 Å². The Balaban J connectivity index is 0.00000289. The Morgan fingerprint density at radius 3 is 2.75 bits per heavy atom. The lowest BCUT2D eigenvalue weighted by molar-refractivity contribution is -0.141. The van der Waals surface area contributed by atoms with Crippen LogP contribution in [0, 0.1) is 11.7 Å². The monoisotopic (exact) mass is 480 g/mol. The molecule has 2 fully saturated rings. The number of rotatable bonds is 7. The SMILES string of the molecule is COC(=O)Cn1ncc(/C=C2/CN(C(C(=O)C3CC3)c3ccccc3F)CCC2S)n1.Cl. The number of halogens is 2. The fourth-order valence-electron chi connectivity index (χ4n) is 3.90.